The minimum Gasteiger partial charge on any atom is -0.389 e. The van der Waals surface area contributed by atoms with E-state index >= 15 is 0 Å². The number of hydrogen-bond acceptors (Lipinski definition) is 4. The third-order valence-corrected chi connectivity index (χ3v) is 4.73. The van der Waals surface area contributed by atoms with Gasteiger partial charge >= 0.3 is 0 Å². The van der Waals surface area contributed by atoms with Crippen LogP contribution in [0.4, 0.5) is 5.69 Å². The number of ether oxygens (including phenoxy) is 1. The summed E-state index contributed by atoms with van der Waals surface area (Å²) in [7, 11) is 0. The molecule has 1 fully saturated rings. The van der Waals surface area contributed by atoms with Crippen LogP contribution in [0.25, 0.3) is 0 Å². The molecule has 0 amide bonds. The van der Waals surface area contributed by atoms with E-state index in [0.29, 0.717) is 11.1 Å². The Morgan fingerprint density at radius 3 is 3.00 bits per heavy atom. The van der Waals surface area contributed by atoms with Gasteiger partial charge in [-0.05, 0) is 37.7 Å². The molecule has 1 aromatic carbocycles. The van der Waals surface area contributed by atoms with Crippen LogP contribution < -0.4 is 10.6 Å². The summed E-state index contributed by atoms with van der Waals surface area (Å²) in [6.07, 6.45) is 5.73. The van der Waals surface area contributed by atoms with Crippen LogP contribution in [0.1, 0.15) is 31.7 Å². The largest absolute Gasteiger partial charge is 0.389 e. The maximum Gasteiger partial charge on any atom is 0.107 e. The summed E-state index contributed by atoms with van der Waals surface area (Å²) in [5.74, 6) is 0. The van der Waals surface area contributed by atoms with Gasteiger partial charge in [-0.15, -0.1) is 11.8 Å². The zero-order valence-corrected chi connectivity index (χ0v) is 14.4. The maximum atomic E-state index is 5.97. The lowest BCUT2D eigenvalue weighted by Crippen LogP contribution is -2.40. The molecule has 1 aliphatic heterocycles. The lowest BCUT2D eigenvalue weighted by molar-refractivity contribution is 0.0440. The number of thiocarbonyl (C=S) groups is 1. The molecule has 1 heterocycles. The molecule has 0 bridgehead atoms. The first-order valence-corrected chi connectivity index (χ1v) is 9.14. The Bertz CT molecular complexity index is 493. The Morgan fingerprint density at radius 2 is 2.33 bits per heavy atom. The van der Waals surface area contributed by atoms with Crippen molar-refractivity contribution < 1.29 is 4.74 Å². The molecule has 1 saturated heterocycles. The van der Waals surface area contributed by atoms with Gasteiger partial charge in [-0.25, -0.2) is 0 Å². The minimum absolute atomic E-state index is 0.316. The zero-order valence-electron chi connectivity index (χ0n) is 12.8. The average Bonchev–Trinajstić information content (AvgIpc) is 2.52. The lowest BCUT2D eigenvalue weighted by Gasteiger charge is -2.35. The number of nitrogens with two attached hydrogens (primary N) is 1. The standard InChI is InChI=1S/C16H24N2OS2/c1-3-10-19-12-6-5-9-18(11-12)13-7-4-8-14(21-2)15(13)16(17)20/h4,7-8,12H,3,5-6,9-11H2,1-2H3,(H2,17,20). The first-order chi connectivity index (χ1) is 10.2. The van der Waals surface area contributed by atoms with Crippen LogP contribution >= 0.6 is 24.0 Å². The summed E-state index contributed by atoms with van der Waals surface area (Å²) in [6.45, 7) is 4.95. The highest BCUT2D eigenvalue weighted by molar-refractivity contribution is 7.98. The van der Waals surface area contributed by atoms with Crippen molar-refractivity contribution in [3.05, 3.63) is 23.8 Å². The molecular weight excluding hydrogens is 300 g/mol. The van der Waals surface area contributed by atoms with Crippen LogP contribution in [-0.2, 0) is 4.74 Å². The fourth-order valence-electron chi connectivity index (χ4n) is 2.78. The summed E-state index contributed by atoms with van der Waals surface area (Å²) < 4.78 is 5.93. The van der Waals surface area contributed by atoms with Crippen molar-refractivity contribution in [2.45, 2.75) is 37.2 Å². The van der Waals surface area contributed by atoms with Crippen LogP contribution in [0.5, 0.6) is 0 Å². The van der Waals surface area contributed by atoms with Crippen molar-refractivity contribution in [2.75, 3.05) is 30.9 Å². The molecule has 2 rings (SSSR count). The molecule has 5 heteroatoms. The number of anilines is 1. The molecule has 0 radical (unpaired) electrons. The van der Waals surface area contributed by atoms with Gasteiger partial charge in [-0.2, -0.15) is 0 Å². The molecule has 1 aliphatic rings. The van der Waals surface area contributed by atoms with Crippen LogP contribution in [0, 0.1) is 0 Å². The first kappa shape index (κ1) is 16.6. The van der Waals surface area contributed by atoms with E-state index in [1.807, 2.05) is 0 Å². The number of hydrogen-bond donors (Lipinski definition) is 1. The van der Waals surface area contributed by atoms with Crippen molar-refractivity contribution in [1.82, 2.24) is 0 Å². The third kappa shape index (κ3) is 4.11. The molecule has 0 aliphatic carbocycles. The van der Waals surface area contributed by atoms with Crippen LogP contribution in [0.15, 0.2) is 23.1 Å². The number of benzene rings is 1. The van der Waals surface area contributed by atoms with Gasteiger partial charge in [-0.1, -0.05) is 25.2 Å². The Morgan fingerprint density at radius 1 is 1.52 bits per heavy atom. The van der Waals surface area contributed by atoms with E-state index in [1.54, 1.807) is 11.8 Å². The van der Waals surface area contributed by atoms with Crippen molar-refractivity contribution in [1.29, 1.82) is 0 Å². The second-order valence-electron chi connectivity index (χ2n) is 5.30. The second-order valence-corrected chi connectivity index (χ2v) is 6.59. The number of nitrogens with zero attached hydrogens (tertiary/aromatic N) is 1. The first-order valence-electron chi connectivity index (χ1n) is 7.50. The summed E-state index contributed by atoms with van der Waals surface area (Å²) >= 11 is 6.97. The normalized spacial score (nSPS) is 18.8. The van der Waals surface area contributed by atoms with Crippen LogP contribution in [-0.4, -0.2) is 37.0 Å². The second kappa shape index (κ2) is 8.01. The van der Waals surface area contributed by atoms with Gasteiger partial charge < -0.3 is 15.4 Å². The molecule has 2 N–H and O–H groups in total. The molecule has 0 saturated carbocycles. The van der Waals surface area contributed by atoms with E-state index in [1.165, 1.54) is 0 Å². The minimum atomic E-state index is 0.316. The van der Waals surface area contributed by atoms with Crippen molar-refractivity contribution >= 4 is 34.7 Å². The van der Waals surface area contributed by atoms with Gasteiger partial charge in [0, 0.05) is 35.8 Å². The molecule has 3 nitrogen and oxygen atoms in total. The molecule has 1 unspecified atom stereocenters. The zero-order chi connectivity index (χ0) is 15.2. The molecule has 0 aromatic heterocycles. The highest BCUT2D eigenvalue weighted by Gasteiger charge is 2.23. The summed E-state index contributed by atoms with van der Waals surface area (Å²) in [4.78, 5) is 4.00. The fraction of sp³-hybridized carbons (Fsp3) is 0.562. The fourth-order valence-corrected chi connectivity index (χ4v) is 3.69. The van der Waals surface area contributed by atoms with Gasteiger partial charge in [-0.3, -0.25) is 0 Å². The van der Waals surface area contributed by atoms with Gasteiger partial charge in [0.25, 0.3) is 0 Å². The van der Waals surface area contributed by atoms with Crippen molar-refractivity contribution in [2.24, 2.45) is 5.73 Å². The average molecular weight is 325 g/mol. The molecule has 21 heavy (non-hydrogen) atoms. The predicted molar refractivity (Wildman–Crippen MR) is 95.6 cm³/mol. The molecule has 0 spiro atoms. The highest BCUT2D eigenvalue weighted by Crippen LogP contribution is 2.31. The molecule has 1 aromatic rings. The van der Waals surface area contributed by atoms with Crippen molar-refractivity contribution in [3.63, 3.8) is 0 Å². The van der Waals surface area contributed by atoms with Gasteiger partial charge in [0.2, 0.25) is 0 Å². The predicted octanol–water partition coefficient (Wildman–Crippen LogP) is 3.44. The molecule has 116 valence electrons. The summed E-state index contributed by atoms with van der Waals surface area (Å²) in [5.41, 5.74) is 8.13. The van der Waals surface area contributed by atoms with Gasteiger partial charge in [0.05, 0.1) is 6.10 Å². The van der Waals surface area contributed by atoms with E-state index in [0.717, 1.165) is 55.1 Å². The quantitative estimate of drug-likeness (QED) is 0.641. The van der Waals surface area contributed by atoms with E-state index in [-0.39, 0.29) is 0 Å². The SMILES string of the molecule is CCCOC1CCCN(c2cccc(SC)c2C(N)=S)C1. The smallest absolute Gasteiger partial charge is 0.107 e. The number of thioether (sulfide) groups is 1. The monoisotopic (exact) mass is 324 g/mol. The van der Waals surface area contributed by atoms with Crippen molar-refractivity contribution in [3.8, 4) is 0 Å². The lowest BCUT2D eigenvalue weighted by atomic mass is 10.0. The van der Waals surface area contributed by atoms with Crippen LogP contribution in [0.3, 0.4) is 0 Å². The highest BCUT2D eigenvalue weighted by atomic mass is 32.2. The number of piperidine rings is 1. The van der Waals surface area contributed by atoms with Gasteiger partial charge in [0.1, 0.15) is 4.99 Å². The van der Waals surface area contributed by atoms with E-state index < -0.39 is 0 Å². The Hall–Kier alpha value is -0.780. The Labute approximate surface area is 137 Å². The third-order valence-electron chi connectivity index (χ3n) is 3.75. The number of rotatable bonds is 6. The Balaban J connectivity index is 2.22. The van der Waals surface area contributed by atoms with E-state index in [2.05, 4.69) is 36.3 Å². The van der Waals surface area contributed by atoms with E-state index in [4.69, 9.17) is 22.7 Å². The molecular formula is C16H24N2OS2. The topological polar surface area (TPSA) is 38.5 Å². The van der Waals surface area contributed by atoms with Crippen LogP contribution in [0.2, 0.25) is 0 Å². The maximum absolute atomic E-state index is 5.97. The Kier molecular flexibility index (Phi) is 6.33. The summed E-state index contributed by atoms with van der Waals surface area (Å²) in [5, 5.41) is 0. The summed E-state index contributed by atoms with van der Waals surface area (Å²) in [6, 6.07) is 6.29. The molecule has 1 atom stereocenters. The van der Waals surface area contributed by atoms with E-state index in [9.17, 15) is 0 Å². The van der Waals surface area contributed by atoms with Gasteiger partial charge in [0.15, 0.2) is 0 Å².